The van der Waals surface area contributed by atoms with Crippen molar-refractivity contribution in [2.45, 2.75) is 19.4 Å². The lowest BCUT2D eigenvalue weighted by atomic mass is 10.2. The summed E-state index contributed by atoms with van der Waals surface area (Å²) < 4.78 is 6.77. The van der Waals surface area contributed by atoms with Crippen LogP contribution < -0.4 is 10.7 Å². The van der Waals surface area contributed by atoms with Gasteiger partial charge in [0.05, 0.1) is 5.52 Å². The smallest absolute Gasteiger partial charge is 0.408 e. The van der Waals surface area contributed by atoms with Crippen molar-refractivity contribution in [2.75, 3.05) is 31.1 Å². The first-order chi connectivity index (χ1) is 13.6. The lowest BCUT2D eigenvalue weighted by Gasteiger charge is -2.36. The number of halogens is 1. The van der Waals surface area contributed by atoms with Crippen molar-refractivity contribution >= 4 is 34.3 Å². The number of carbonyl (C=O) groups is 1. The molecule has 0 saturated carbocycles. The van der Waals surface area contributed by atoms with E-state index in [1.165, 1.54) is 5.69 Å². The Kier molecular flexibility index (Phi) is 5.39. The second kappa shape index (κ2) is 8.10. The summed E-state index contributed by atoms with van der Waals surface area (Å²) >= 11 is 6.02. The van der Waals surface area contributed by atoms with E-state index in [4.69, 9.17) is 16.0 Å². The van der Waals surface area contributed by atoms with Crippen LogP contribution in [-0.2, 0) is 11.3 Å². The largest absolute Gasteiger partial charge is 0.419 e. The molecular formula is C21H22ClN3O3. The van der Waals surface area contributed by atoms with Crippen LogP contribution in [0.25, 0.3) is 11.1 Å². The zero-order valence-corrected chi connectivity index (χ0v) is 16.3. The number of piperazine rings is 1. The Labute approximate surface area is 167 Å². The van der Waals surface area contributed by atoms with E-state index in [1.54, 1.807) is 22.8 Å². The van der Waals surface area contributed by atoms with Gasteiger partial charge in [-0.25, -0.2) is 4.79 Å². The van der Waals surface area contributed by atoms with Crippen LogP contribution in [0.5, 0.6) is 0 Å². The van der Waals surface area contributed by atoms with Crippen molar-refractivity contribution in [2.24, 2.45) is 0 Å². The number of nitrogens with zero attached hydrogens (tertiary/aromatic N) is 3. The van der Waals surface area contributed by atoms with E-state index in [1.807, 2.05) is 23.1 Å². The van der Waals surface area contributed by atoms with Gasteiger partial charge in [-0.3, -0.25) is 9.36 Å². The summed E-state index contributed by atoms with van der Waals surface area (Å²) in [7, 11) is 0. The molecule has 28 heavy (non-hydrogen) atoms. The highest BCUT2D eigenvalue weighted by Crippen LogP contribution is 2.19. The Bertz CT molecular complexity index is 1020. The molecule has 0 atom stereocenters. The van der Waals surface area contributed by atoms with Crippen LogP contribution in [0.15, 0.2) is 57.7 Å². The number of oxazole rings is 1. The lowest BCUT2D eigenvalue weighted by molar-refractivity contribution is -0.131. The molecule has 1 amide bonds. The van der Waals surface area contributed by atoms with Crippen LogP contribution in [0.2, 0.25) is 5.02 Å². The molecule has 1 aliphatic rings. The standard InChI is InChI=1S/C21H22ClN3O3/c22-16-8-9-19-18(15-16)25(21(27)28-19)10-4-7-20(26)24-13-11-23(12-14-24)17-5-2-1-3-6-17/h1-3,5-6,8-9,15H,4,7,10-14H2. The quantitative estimate of drug-likeness (QED) is 0.660. The van der Waals surface area contributed by atoms with Gasteiger partial charge in [0.25, 0.3) is 0 Å². The minimum Gasteiger partial charge on any atom is -0.408 e. The molecule has 1 saturated heterocycles. The van der Waals surface area contributed by atoms with E-state index in [-0.39, 0.29) is 5.91 Å². The zero-order chi connectivity index (χ0) is 19.5. The van der Waals surface area contributed by atoms with Gasteiger partial charge >= 0.3 is 5.76 Å². The second-order valence-electron chi connectivity index (χ2n) is 6.94. The van der Waals surface area contributed by atoms with Crippen molar-refractivity contribution in [3.63, 3.8) is 0 Å². The molecule has 0 aliphatic carbocycles. The van der Waals surface area contributed by atoms with Gasteiger partial charge in [-0.1, -0.05) is 29.8 Å². The van der Waals surface area contributed by atoms with Gasteiger partial charge in [0.1, 0.15) is 0 Å². The third-order valence-corrected chi connectivity index (χ3v) is 5.39. The molecule has 2 aromatic carbocycles. The number of hydrogen-bond acceptors (Lipinski definition) is 4. The summed E-state index contributed by atoms with van der Waals surface area (Å²) in [5.74, 6) is -0.284. The number of benzene rings is 2. The van der Waals surface area contributed by atoms with Gasteiger partial charge < -0.3 is 14.2 Å². The number of hydrogen-bond donors (Lipinski definition) is 0. The maximum atomic E-state index is 12.5. The molecular weight excluding hydrogens is 378 g/mol. The molecule has 6 nitrogen and oxygen atoms in total. The summed E-state index contributed by atoms with van der Waals surface area (Å²) in [5, 5.41) is 0.550. The fourth-order valence-electron chi connectivity index (χ4n) is 3.65. The highest BCUT2D eigenvalue weighted by Gasteiger charge is 2.21. The Morgan fingerprint density at radius 2 is 1.79 bits per heavy atom. The number of amides is 1. The SMILES string of the molecule is O=C(CCCn1c(=O)oc2ccc(Cl)cc21)N1CCN(c2ccccc2)CC1. The third-order valence-electron chi connectivity index (χ3n) is 5.16. The van der Waals surface area contributed by atoms with Gasteiger partial charge in [0.2, 0.25) is 5.91 Å². The number of anilines is 1. The highest BCUT2D eigenvalue weighted by atomic mass is 35.5. The monoisotopic (exact) mass is 399 g/mol. The molecule has 1 aromatic heterocycles. The summed E-state index contributed by atoms with van der Waals surface area (Å²) in [6.45, 7) is 3.54. The first kappa shape index (κ1) is 18.6. The van der Waals surface area contributed by atoms with E-state index in [9.17, 15) is 9.59 Å². The molecule has 0 N–H and O–H groups in total. The van der Waals surface area contributed by atoms with Crippen molar-refractivity contribution in [3.8, 4) is 0 Å². The van der Waals surface area contributed by atoms with E-state index >= 15 is 0 Å². The van der Waals surface area contributed by atoms with Crippen LogP contribution in [0.1, 0.15) is 12.8 Å². The van der Waals surface area contributed by atoms with Crippen LogP contribution in [0.3, 0.4) is 0 Å². The normalized spacial score (nSPS) is 14.6. The van der Waals surface area contributed by atoms with Crippen LogP contribution >= 0.6 is 11.6 Å². The van der Waals surface area contributed by atoms with Crippen molar-refractivity contribution in [3.05, 3.63) is 64.1 Å². The Morgan fingerprint density at radius 3 is 2.54 bits per heavy atom. The number of carbonyl (C=O) groups excluding carboxylic acids is 1. The average molecular weight is 400 g/mol. The van der Waals surface area contributed by atoms with Gasteiger partial charge in [-0.05, 0) is 36.8 Å². The van der Waals surface area contributed by atoms with Gasteiger partial charge in [0.15, 0.2) is 5.58 Å². The lowest BCUT2D eigenvalue weighted by Crippen LogP contribution is -2.48. The first-order valence-corrected chi connectivity index (χ1v) is 9.86. The Morgan fingerprint density at radius 1 is 1.04 bits per heavy atom. The molecule has 7 heteroatoms. The minimum atomic E-state index is -0.416. The summed E-state index contributed by atoms with van der Waals surface area (Å²) in [6, 6.07) is 15.3. The van der Waals surface area contributed by atoms with E-state index < -0.39 is 5.76 Å². The molecule has 2 heterocycles. The van der Waals surface area contributed by atoms with E-state index in [0.29, 0.717) is 35.5 Å². The first-order valence-electron chi connectivity index (χ1n) is 9.48. The number of aryl methyl sites for hydroxylation is 1. The Balaban J connectivity index is 1.30. The third kappa shape index (κ3) is 3.92. The van der Waals surface area contributed by atoms with Crippen LogP contribution in [-0.4, -0.2) is 41.6 Å². The number of fused-ring (bicyclic) bond motifs is 1. The van der Waals surface area contributed by atoms with Gasteiger partial charge in [-0.2, -0.15) is 0 Å². The average Bonchev–Trinajstić information content (AvgIpc) is 3.03. The molecule has 4 rings (SSSR count). The molecule has 3 aromatic rings. The minimum absolute atomic E-state index is 0.131. The number of para-hydroxylation sites is 1. The Hall–Kier alpha value is -2.73. The predicted molar refractivity (Wildman–Crippen MR) is 110 cm³/mol. The van der Waals surface area contributed by atoms with Crippen molar-refractivity contribution in [1.29, 1.82) is 0 Å². The fourth-order valence-corrected chi connectivity index (χ4v) is 3.81. The van der Waals surface area contributed by atoms with Crippen LogP contribution in [0, 0.1) is 0 Å². The maximum absolute atomic E-state index is 12.5. The highest BCUT2D eigenvalue weighted by molar-refractivity contribution is 6.31. The van der Waals surface area contributed by atoms with E-state index in [0.717, 1.165) is 26.2 Å². The molecule has 0 unspecified atom stereocenters. The molecule has 146 valence electrons. The van der Waals surface area contributed by atoms with Crippen molar-refractivity contribution < 1.29 is 9.21 Å². The molecule has 0 radical (unpaired) electrons. The van der Waals surface area contributed by atoms with E-state index in [2.05, 4.69) is 17.0 Å². The number of aromatic nitrogens is 1. The number of rotatable bonds is 5. The summed E-state index contributed by atoms with van der Waals surface area (Å²) in [6.07, 6.45) is 0.990. The van der Waals surface area contributed by atoms with Crippen LogP contribution in [0.4, 0.5) is 5.69 Å². The maximum Gasteiger partial charge on any atom is 0.419 e. The topological polar surface area (TPSA) is 58.7 Å². The summed E-state index contributed by atoms with van der Waals surface area (Å²) in [5.41, 5.74) is 2.37. The van der Waals surface area contributed by atoms with Crippen molar-refractivity contribution in [1.82, 2.24) is 9.47 Å². The molecule has 0 bridgehead atoms. The molecule has 1 fully saturated rings. The molecule has 0 spiro atoms. The van der Waals surface area contributed by atoms with Gasteiger partial charge in [0, 0.05) is 49.9 Å². The molecule has 1 aliphatic heterocycles. The zero-order valence-electron chi connectivity index (χ0n) is 15.5. The van der Waals surface area contributed by atoms with Gasteiger partial charge in [-0.15, -0.1) is 0 Å². The fraction of sp³-hybridized carbons (Fsp3) is 0.333. The summed E-state index contributed by atoms with van der Waals surface area (Å²) in [4.78, 5) is 28.8. The predicted octanol–water partition coefficient (Wildman–Crippen LogP) is 3.38. The second-order valence-corrected chi connectivity index (χ2v) is 7.38.